The Kier molecular flexibility index (Phi) is 7.44. The summed E-state index contributed by atoms with van der Waals surface area (Å²) in [5.74, 6) is 5.91. The number of amides is 1. The van der Waals surface area contributed by atoms with E-state index in [1.165, 1.54) is 23.6 Å². The Labute approximate surface area is 237 Å². The first-order valence-electron chi connectivity index (χ1n) is 13.9. The van der Waals surface area contributed by atoms with Gasteiger partial charge in [-0.25, -0.2) is 9.20 Å². The van der Waals surface area contributed by atoms with E-state index in [0.29, 0.717) is 16.7 Å². The number of alkyl halides is 3. The lowest BCUT2D eigenvalue weighted by molar-refractivity contribution is -0.127. The smallest absolute Gasteiger partial charge is 0.383 e. The second kappa shape index (κ2) is 10.6. The van der Waals surface area contributed by atoms with E-state index < -0.39 is 24.0 Å². The van der Waals surface area contributed by atoms with Crippen molar-refractivity contribution in [2.75, 3.05) is 37.7 Å². The Morgan fingerprint density at radius 1 is 1.20 bits per heavy atom. The van der Waals surface area contributed by atoms with E-state index in [4.69, 9.17) is 5.73 Å². The van der Waals surface area contributed by atoms with E-state index in [1.807, 2.05) is 26.8 Å². The predicted octanol–water partition coefficient (Wildman–Crippen LogP) is 4.04. The molecule has 0 unspecified atom stereocenters. The number of nitrogen functional groups attached to an aromatic ring is 1. The highest BCUT2D eigenvalue weighted by atomic mass is 19.4. The maximum absolute atomic E-state index is 13.6. The van der Waals surface area contributed by atoms with Crippen molar-refractivity contribution in [3.63, 3.8) is 0 Å². The van der Waals surface area contributed by atoms with Gasteiger partial charge in [0, 0.05) is 11.6 Å². The highest BCUT2D eigenvalue weighted by Crippen LogP contribution is 2.49. The van der Waals surface area contributed by atoms with E-state index in [-0.39, 0.29) is 35.2 Å². The Balaban J connectivity index is 1.32. The average molecular weight is 571 g/mol. The number of hydrogen-bond acceptors (Lipinski definition) is 6. The van der Waals surface area contributed by atoms with Crippen LogP contribution in [0.2, 0.25) is 0 Å². The van der Waals surface area contributed by atoms with Crippen LogP contribution < -0.4 is 16.4 Å². The Morgan fingerprint density at radius 2 is 1.90 bits per heavy atom. The van der Waals surface area contributed by atoms with Crippen LogP contribution in [0.1, 0.15) is 68.1 Å². The zero-order valence-electron chi connectivity index (χ0n) is 23.9. The van der Waals surface area contributed by atoms with Crippen molar-refractivity contribution in [2.45, 2.75) is 70.6 Å². The molecule has 12 heteroatoms. The third-order valence-electron chi connectivity index (χ3n) is 8.13. The number of pyridine rings is 1. The largest absolute Gasteiger partial charge is 0.393 e. The van der Waals surface area contributed by atoms with Gasteiger partial charge in [-0.3, -0.25) is 4.79 Å². The number of carbonyl (C=O) groups is 1. The molecule has 0 radical (unpaired) electrons. The molecule has 2 aliphatic rings. The van der Waals surface area contributed by atoms with Crippen molar-refractivity contribution in [3.8, 4) is 11.8 Å². The van der Waals surface area contributed by atoms with Gasteiger partial charge in [0.05, 0.1) is 30.2 Å². The summed E-state index contributed by atoms with van der Waals surface area (Å²) in [6.45, 7) is 7.84. The van der Waals surface area contributed by atoms with Crippen LogP contribution in [0.25, 0.3) is 5.52 Å². The first kappa shape index (κ1) is 28.8. The highest BCUT2D eigenvalue weighted by molar-refractivity contribution is 5.98. The van der Waals surface area contributed by atoms with Crippen molar-refractivity contribution in [3.05, 3.63) is 41.2 Å². The van der Waals surface area contributed by atoms with Crippen LogP contribution in [0.15, 0.2) is 24.4 Å². The van der Waals surface area contributed by atoms with Gasteiger partial charge in [-0.15, -0.1) is 0 Å². The molecule has 3 aromatic rings. The Bertz CT molecular complexity index is 1490. The van der Waals surface area contributed by atoms with Crippen molar-refractivity contribution in [1.29, 1.82) is 0 Å². The molecule has 4 heterocycles. The molecule has 2 fully saturated rings. The number of aromatic nitrogens is 4. The molecule has 4 N–H and O–H groups in total. The van der Waals surface area contributed by atoms with Gasteiger partial charge in [0.1, 0.15) is 22.9 Å². The van der Waals surface area contributed by atoms with Gasteiger partial charge in [-0.05, 0) is 90.1 Å². The van der Waals surface area contributed by atoms with Crippen molar-refractivity contribution < 1.29 is 18.0 Å². The van der Waals surface area contributed by atoms with Gasteiger partial charge < -0.3 is 21.3 Å². The Hall–Kier alpha value is -3.72. The summed E-state index contributed by atoms with van der Waals surface area (Å²) in [6.07, 6.45) is 0.225. The zero-order valence-corrected chi connectivity index (χ0v) is 23.9. The molecule has 220 valence electrons. The highest BCUT2D eigenvalue weighted by Gasteiger charge is 2.45. The number of nitrogens with two attached hydrogens (primary N) is 1. The molecule has 5 rings (SSSR count). The van der Waals surface area contributed by atoms with Crippen LogP contribution in [-0.2, 0) is 12.0 Å². The molecular weight excluding hydrogens is 533 g/mol. The topological polar surface area (TPSA) is 106 Å². The molecule has 1 aliphatic carbocycles. The lowest BCUT2D eigenvalue weighted by Crippen LogP contribution is -2.50. The van der Waals surface area contributed by atoms with E-state index in [0.717, 1.165) is 25.9 Å². The quantitative estimate of drug-likeness (QED) is 0.400. The monoisotopic (exact) mass is 570 g/mol. The van der Waals surface area contributed by atoms with Gasteiger partial charge in [0.2, 0.25) is 0 Å². The number of anilines is 2. The number of nitrogens with zero attached hydrogens (tertiary/aromatic N) is 5. The molecule has 9 nitrogen and oxygen atoms in total. The molecule has 41 heavy (non-hydrogen) atoms. The lowest BCUT2D eigenvalue weighted by atomic mass is 9.60. The summed E-state index contributed by atoms with van der Waals surface area (Å²) >= 11 is 0. The molecule has 1 aliphatic heterocycles. The summed E-state index contributed by atoms with van der Waals surface area (Å²) < 4.78 is 43.7. The Morgan fingerprint density at radius 3 is 2.54 bits per heavy atom. The van der Waals surface area contributed by atoms with Crippen molar-refractivity contribution in [1.82, 2.24) is 29.6 Å². The third-order valence-corrected chi connectivity index (χ3v) is 8.13. The summed E-state index contributed by atoms with van der Waals surface area (Å²) in [5.41, 5.74) is 6.66. The second-order valence-electron chi connectivity index (χ2n) is 12.4. The number of carbonyl (C=O) groups excluding carboxylic acids is 1. The maximum Gasteiger partial charge on any atom is 0.393 e. The first-order valence-corrected chi connectivity index (χ1v) is 13.9. The minimum atomic E-state index is -4.43. The summed E-state index contributed by atoms with van der Waals surface area (Å²) in [7, 11) is 2.14. The number of rotatable bonds is 5. The average Bonchev–Trinajstić information content (AvgIpc) is 3.42. The molecule has 1 saturated carbocycles. The normalized spacial score (nSPS) is 17.7. The first-order chi connectivity index (χ1) is 19.2. The van der Waals surface area contributed by atoms with Gasteiger partial charge >= 0.3 is 6.18 Å². The number of fused-ring (bicyclic) bond motifs is 1. The van der Waals surface area contributed by atoms with Crippen LogP contribution in [0.5, 0.6) is 0 Å². The van der Waals surface area contributed by atoms with Gasteiger partial charge in [-0.2, -0.15) is 23.4 Å². The summed E-state index contributed by atoms with van der Waals surface area (Å²) in [4.78, 5) is 15.0. The fraction of sp³-hybridized carbons (Fsp3) is 0.552. The standard InChI is InChI=1S/C29H37F3N8O/c1-27(2,3)40-25(33)21(18-35-40)26(41)34-12-6-7-22-20(17-29(30,31)32)23-8-5-9-24(39(23)37-22)36-19-15-28(16-19)10-13-38(4)14-11-28/h5,8-9,18-19,36H,10-17,33H2,1-4H3,(H,34,41). The fourth-order valence-corrected chi connectivity index (χ4v) is 5.92. The fourth-order valence-electron chi connectivity index (χ4n) is 5.92. The maximum atomic E-state index is 13.6. The van der Waals surface area contributed by atoms with Gasteiger partial charge in [-0.1, -0.05) is 12.0 Å². The minimum absolute atomic E-state index is 0.0103. The summed E-state index contributed by atoms with van der Waals surface area (Å²) in [6, 6.07) is 5.44. The van der Waals surface area contributed by atoms with E-state index in [9.17, 15) is 18.0 Å². The molecular formula is C29H37F3N8O. The van der Waals surface area contributed by atoms with E-state index in [1.54, 1.807) is 16.8 Å². The third kappa shape index (κ3) is 6.15. The van der Waals surface area contributed by atoms with Crippen LogP contribution in [0, 0.1) is 17.3 Å². The molecule has 1 spiro atoms. The SMILES string of the molecule is CN1CCC2(CC1)CC(Nc1cccc3c(CC(F)(F)F)c(C#CCNC(=O)c4cnn(C(C)(C)C)c4N)nn13)C2. The van der Waals surface area contributed by atoms with Crippen LogP contribution in [0.4, 0.5) is 24.8 Å². The molecule has 1 saturated heterocycles. The van der Waals surface area contributed by atoms with Crippen LogP contribution in [0.3, 0.4) is 0 Å². The number of piperidine rings is 1. The number of halogens is 3. The zero-order chi connectivity index (χ0) is 29.6. The summed E-state index contributed by atoms with van der Waals surface area (Å²) in [5, 5.41) is 14.8. The molecule has 1 amide bonds. The molecule has 0 atom stereocenters. The lowest BCUT2D eigenvalue weighted by Gasteiger charge is -2.52. The molecule has 0 aromatic carbocycles. The minimum Gasteiger partial charge on any atom is -0.383 e. The molecule has 3 aromatic heterocycles. The van der Waals surface area contributed by atoms with Gasteiger partial charge in [0.15, 0.2) is 0 Å². The number of nitrogens with one attached hydrogen (secondary N) is 2. The van der Waals surface area contributed by atoms with E-state index in [2.05, 4.69) is 44.6 Å². The van der Waals surface area contributed by atoms with Crippen molar-refractivity contribution in [2.24, 2.45) is 5.41 Å². The second-order valence-corrected chi connectivity index (χ2v) is 12.4. The van der Waals surface area contributed by atoms with Crippen LogP contribution >= 0.6 is 0 Å². The van der Waals surface area contributed by atoms with Crippen molar-refractivity contribution >= 4 is 23.1 Å². The number of likely N-dealkylation sites (tertiary alicyclic amines) is 1. The van der Waals surface area contributed by atoms with E-state index >= 15 is 0 Å². The van der Waals surface area contributed by atoms with Crippen LogP contribution in [-0.4, -0.2) is 69.1 Å². The van der Waals surface area contributed by atoms with Gasteiger partial charge in [0.25, 0.3) is 5.91 Å². The molecule has 0 bridgehead atoms. The number of hydrogen-bond donors (Lipinski definition) is 3. The predicted molar refractivity (Wildman–Crippen MR) is 152 cm³/mol.